The SMILES string of the molecule is O=C(OCCS)c1cc(Cl)nc(Cl)c1. The fourth-order valence-electron chi connectivity index (χ4n) is 0.804. The van der Waals surface area contributed by atoms with E-state index in [-0.39, 0.29) is 22.5 Å². The van der Waals surface area contributed by atoms with Crippen LogP contribution in [-0.2, 0) is 4.74 Å². The minimum Gasteiger partial charge on any atom is -0.461 e. The molecule has 1 aromatic heterocycles. The summed E-state index contributed by atoms with van der Waals surface area (Å²) in [5.41, 5.74) is 0.289. The van der Waals surface area contributed by atoms with Gasteiger partial charge < -0.3 is 4.74 Å². The van der Waals surface area contributed by atoms with Crippen molar-refractivity contribution in [1.82, 2.24) is 4.98 Å². The Hall–Kier alpha value is -0.450. The lowest BCUT2D eigenvalue weighted by atomic mass is 10.3. The average molecular weight is 252 g/mol. The number of rotatable bonds is 3. The first-order chi connectivity index (χ1) is 6.63. The summed E-state index contributed by atoms with van der Waals surface area (Å²) >= 11 is 15.1. The highest BCUT2D eigenvalue weighted by molar-refractivity contribution is 7.80. The number of hydrogen-bond acceptors (Lipinski definition) is 4. The predicted molar refractivity (Wildman–Crippen MR) is 58.4 cm³/mol. The molecular formula is C8H7Cl2NO2S. The molecule has 3 nitrogen and oxygen atoms in total. The van der Waals surface area contributed by atoms with Crippen molar-refractivity contribution < 1.29 is 9.53 Å². The van der Waals surface area contributed by atoms with Gasteiger partial charge in [-0.25, -0.2) is 9.78 Å². The normalized spacial score (nSPS) is 9.93. The number of nitrogens with zero attached hydrogens (tertiary/aromatic N) is 1. The second-order valence-electron chi connectivity index (χ2n) is 2.36. The Kier molecular flexibility index (Phi) is 4.51. The maximum Gasteiger partial charge on any atom is 0.338 e. The van der Waals surface area contributed by atoms with E-state index in [1.807, 2.05) is 0 Å². The predicted octanol–water partition coefficient (Wildman–Crippen LogP) is 2.48. The van der Waals surface area contributed by atoms with Crippen molar-refractivity contribution >= 4 is 41.8 Å². The number of esters is 1. The molecule has 0 amide bonds. The van der Waals surface area contributed by atoms with Gasteiger partial charge in [-0.15, -0.1) is 0 Å². The summed E-state index contributed by atoms with van der Waals surface area (Å²) in [5.74, 6) is -0.0107. The van der Waals surface area contributed by atoms with Crippen LogP contribution in [-0.4, -0.2) is 23.3 Å². The zero-order valence-electron chi connectivity index (χ0n) is 7.04. The minimum atomic E-state index is -0.481. The fourth-order valence-corrected chi connectivity index (χ4v) is 1.36. The molecule has 0 aliphatic heterocycles. The van der Waals surface area contributed by atoms with Crippen LogP contribution < -0.4 is 0 Å². The third-order valence-electron chi connectivity index (χ3n) is 1.32. The van der Waals surface area contributed by atoms with Gasteiger partial charge in [0.15, 0.2) is 0 Å². The number of ether oxygens (including phenoxy) is 1. The molecule has 0 fully saturated rings. The van der Waals surface area contributed by atoms with Gasteiger partial charge in [0.1, 0.15) is 16.9 Å². The molecule has 0 aromatic carbocycles. The molecule has 1 heterocycles. The summed E-state index contributed by atoms with van der Waals surface area (Å²) in [6.07, 6.45) is 0. The Morgan fingerprint density at radius 2 is 2.00 bits per heavy atom. The van der Waals surface area contributed by atoms with Crippen LogP contribution in [0.1, 0.15) is 10.4 Å². The molecule has 0 saturated carbocycles. The molecule has 14 heavy (non-hydrogen) atoms. The molecule has 0 bridgehead atoms. The van der Waals surface area contributed by atoms with Crippen molar-refractivity contribution in [1.29, 1.82) is 0 Å². The molecule has 76 valence electrons. The molecule has 1 aromatic rings. The highest BCUT2D eigenvalue weighted by Crippen LogP contribution is 2.15. The highest BCUT2D eigenvalue weighted by Gasteiger charge is 2.09. The van der Waals surface area contributed by atoms with Gasteiger partial charge in [0.2, 0.25) is 0 Å². The zero-order valence-corrected chi connectivity index (χ0v) is 9.44. The molecule has 0 radical (unpaired) electrons. The smallest absolute Gasteiger partial charge is 0.338 e. The Morgan fingerprint density at radius 3 is 2.50 bits per heavy atom. The van der Waals surface area contributed by atoms with Gasteiger partial charge in [-0.3, -0.25) is 0 Å². The molecule has 0 aliphatic rings. The molecule has 0 N–H and O–H groups in total. The summed E-state index contributed by atoms with van der Waals surface area (Å²) in [7, 11) is 0. The molecular weight excluding hydrogens is 245 g/mol. The van der Waals surface area contributed by atoms with Crippen LogP contribution in [0.4, 0.5) is 0 Å². The first kappa shape index (κ1) is 11.6. The lowest BCUT2D eigenvalue weighted by molar-refractivity contribution is 0.0530. The highest BCUT2D eigenvalue weighted by atomic mass is 35.5. The van der Waals surface area contributed by atoms with Crippen LogP contribution in [0.15, 0.2) is 12.1 Å². The lowest BCUT2D eigenvalue weighted by Gasteiger charge is -2.03. The van der Waals surface area contributed by atoms with E-state index in [0.717, 1.165) is 0 Å². The molecule has 0 aliphatic carbocycles. The maximum atomic E-state index is 11.3. The number of aromatic nitrogens is 1. The third-order valence-corrected chi connectivity index (χ3v) is 1.89. The summed E-state index contributed by atoms with van der Waals surface area (Å²) in [6, 6.07) is 2.79. The second kappa shape index (κ2) is 5.44. The van der Waals surface area contributed by atoms with E-state index in [0.29, 0.717) is 5.75 Å². The van der Waals surface area contributed by atoms with Crippen LogP contribution in [0.5, 0.6) is 0 Å². The van der Waals surface area contributed by atoms with Crippen LogP contribution in [0.25, 0.3) is 0 Å². The molecule has 6 heteroatoms. The standard InChI is InChI=1S/C8H7Cl2NO2S/c9-6-3-5(4-7(10)11-6)8(12)13-1-2-14/h3-4,14H,1-2H2. The summed E-state index contributed by atoms with van der Waals surface area (Å²) in [4.78, 5) is 15.0. The van der Waals surface area contributed by atoms with Gasteiger partial charge in [-0.05, 0) is 12.1 Å². The number of carbonyl (C=O) groups excluding carboxylic acids is 1. The van der Waals surface area contributed by atoms with Crippen LogP contribution in [0.3, 0.4) is 0 Å². The number of halogens is 2. The van der Waals surface area contributed by atoms with Gasteiger partial charge in [-0.2, -0.15) is 12.6 Å². The van der Waals surface area contributed by atoms with E-state index in [2.05, 4.69) is 17.6 Å². The fraction of sp³-hybridized carbons (Fsp3) is 0.250. The molecule has 0 spiro atoms. The lowest BCUT2D eigenvalue weighted by Crippen LogP contribution is -2.07. The molecule has 1 rings (SSSR count). The van der Waals surface area contributed by atoms with E-state index >= 15 is 0 Å². The van der Waals surface area contributed by atoms with Crippen LogP contribution in [0, 0.1) is 0 Å². The number of thiol groups is 1. The Balaban J connectivity index is 2.79. The van der Waals surface area contributed by atoms with Crippen molar-refractivity contribution in [3.63, 3.8) is 0 Å². The Morgan fingerprint density at radius 1 is 1.43 bits per heavy atom. The van der Waals surface area contributed by atoms with E-state index in [9.17, 15) is 4.79 Å². The van der Waals surface area contributed by atoms with Gasteiger partial charge >= 0.3 is 5.97 Å². The maximum absolute atomic E-state index is 11.3. The Bertz CT molecular complexity index is 326. The van der Waals surface area contributed by atoms with Crippen molar-refractivity contribution in [3.8, 4) is 0 Å². The topological polar surface area (TPSA) is 39.2 Å². The van der Waals surface area contributed by atoms with Crippen molar-refractivity contribution in [2.75, 3.05) is 12.4 Å². The van der Waals surface area contributed by atoms with Gasteiger partial charge in [0.25, 0.3) is 0 Å². The number of hydrogen-bond donors (Lipinski definition) is 1. The third kappa shape index (κ3) is 3.36. The van der Waals surface area contributed by atoms with E-state index in [1.54, 1.807) is 0 Å². The summed E-state index contributed by atoms with van der Waals surface area (Å²) in [6.45, 7) is 0.250. The first-order valence-corrected chi connectivity index (χ1v) is 5.13. The Labute approximate surface area is 96.8 Å². The quantitative estimate of drug-likeness (QED) is 0.510. The van der Waals surface area contributed by atoms with Crippen molar-refractivity contribution in [2.45, 2.75) is 0 Å². The minimum absolute atomic E-state index is 0.162. The van der Waals surface area contributed by atoms with Crippen molar-refractivity contribution in [2.24, 2.45) is 0 Å². The summed E-state index contributed by atoms with van der Waals surface area (Å²) < 4.78 is 4.83. The van der Waals surface area contributed by atoms with Gasteiger partial charge in [0.05, 0.1) is 5.56 Å². The van der Waals surface area contributed by atoms with Crippen LogP contribution >= 0.6 is 35.8 Å². The molecule has 0 saturated heterocycles. The zero-order chi connectivity index (χ0) is 10.6. The molecule has 0 atom stereocenters. The second-order valence-corrected chi connectivity index (χ2v) is 3.58. The van der Waals surface area contributed by atoms with E-state index < -0.39 is 5.97 Å². The van der Waals surface area contributed by atoms with Gasteiger partial charge in [0, 0.05) is 5.75 Å². The van der Waals surface area contributed by atoms with E-state index in [1.165, 1.54) is 12.1 Å². The van der Waals surface area contributed by atoms with E-state index in [4.69, 9.17) is 27.9 Å². The van der Waals surface area contributed by atoms with Crippen LogP contribution in [0.2, 0.25) is 10.3 Å². The summed E-state index contributed by atoms with van der Waals surface area (Å²) in [5, 5.41) is 0.325. The number of pyridine rings is 1. The number of carbonyl (C=O) groups is 1. The largest absolute Gasteiger partial charge is 0.461 e. The van der Waals surface area contributed by atoms with Gasteiger partial charge in [-0.1, -0.05) is 23.2 Å². The molecule has 0 unspecified atom stereocenters. The monoisotopic (exact) mass is 251 g/mol. The first-order valence-electron chi connectivity index (χ1n) is 3.74. The van der Waals surface area contributed by atoms with Crippen molar-refractivity contribution in [3.05, 3.63) is 28.0 Å². The average Bonchev–Trinajstić information content (AvgIpc) is 2.12.